The number of nitrogens with zero attached hydrogens (tertiary/aromatic N) is 3. The Morgan fingerprint density at radius 1 is 1.16 bits per heavy atom. The second-order valence-electron chi connectivity index (χ2n) is 7.06. The van der Waals surface area contributed by atoms with Crippen molar-refractivity contribution in [2.24, 2.45) is 0 Å². The third-order valence-electron chi connectivity index (χ3n) is 5.53. The van der Waals surface area contributed by atoms with E-state index in [9.17, 15) is 4.79 Å². The molecule has 1 aromatic carbocycles. The molecule has 0 saturated carbocycles. The lowest BCUT2D eigenvalue weighted by Crippen LogP contribution is -2.49. The maximum Gasteiger partial charge on any atom is 0.222 e. The van der Waals surface area contributed by atoms with Crippen LogP contribution in [0.2, 0.25) is 0 Å². The standard InChI is InChI=1S/C20H26N4O/c25-20(24-12-8-17(15-24)23-13-10-21-11-14-23)6-5-16-7-9-22-19-4-2-1-3-18(16)19/h1-4,7,9,17,21H,5-6,8,10-15H2. The second-order valence-corrected chi connectivity index (χ2v) is 7.06. The summed E-state index contributed by atoms with van der Waals surface area (Å²) < 4.78 is 0. The fraction of sp³-hybridized carbons (Fsp3) is 0.500. The molecule has 5 nitrogen and oxygen atoms in total. The lowest BCUT2D eigenvalue weighted by Gasteiger charge is -2.32. The Kier molecular flexibility index (Phi) is 4.95. The van der Waals surface area contributed by atoms with E-state index in [0.29, 0.717) is 18.4 Å². The quantitative estimate of drug-likeness (QED) is 0.921. The number of nitrogens with one attached hydrogen (secondary N) is 1. The number of hydrogen-bond acceptors (Lipinski definition) is 4. The Bertz CT molecular complexity index is 736. The van der Waals surface area contributed by atoms with E-state index in [1.165, 1.54) is 5.56 Å². The van der Waals surface area contributed by atoms with Gasteiger partial charge in [0.1, 0.15) is 0 Å². The summed E-state index contributed by atoms with van der Waals surface area (Å²) in [6, 6.07) is 10.8. The number of benzene rings is 1. The molecule has 1 N–H and O–H groups in total. The largest absolute Gasteiger partial charge is 0.341 e. The monoisotopic (exact) mass is 338 g/mol. The predicted octanol–water partition coefficient (Wildman–Crippen LogP) is 1.67. The fourth-order valence-corrected chi connectivity index (χ4v) is 4.09. The highest BCUT2D eigenvalue weighted by Gasteiger charge is 2.30. The maximum atomic E-state index is 12.7. The van der Waals surface area contributed by atoms with Crippen LogP contribution in [0, 0.1) is 0 Å². The topological polar surface area (TPSA) is 48.5 Å². The van der Waals surface area contributed by atoms with Gasteiger partial charge in [-0.15, -0.1) is 0 Å². The summed E-state index contributed by atoms with van der Waals surface area (Å²) in [5.74, 6) is 0.290. The van der Waals surface area contributed by atoms with E-state index < -0.39 is 0 Å². The molecule has 3 heterocycles. The van der Waals surface area contributed by atoms with Gasteiger partial charge in [0.2, 0.25) is 5.91 Å². The Balaban J connectivity index is 1.34. The van der Waals surface area contributed by atoms with E-state index >= 15 is 0 Å². The smallest absolute Gasteiger partial charge is 0.222 e. The molecule has 1 atom stereocenters. The van der Waals surface area contributed by atoms with Crippen LogP contribution in [-0.2, 0) is 11.2 Å². The number of carbonyl (C=O) groups is 1. The molecule has 1 aromatic heterocycles. The number of amides is 1. The van der Waals surface area contributed by atoms with Gasteiger partial charge in [0.25, 0.3) is 0 Å². The van der Waals surface area contributed by atoms with Gasteiger partial charge in [-0.1, -0.05) is 18.2 Å². The lowest BCUT2D eigenvalue weighted by atomic mass is 10.0. The van der Waals surface area contributed by atoms with Crippen LogP contribution in [0.1, 0.15) is 18.4 Å². The summed E-state index contributed by atoms with van der Waals surface area (Å²) in [6.45, 7) is 6.16. The average Bonchev–Trinajstić information content (AvgIpc) is 3.17. The zero-order valence-electron chi connectivity index (χ0n) is 14.7. The van der Waals surface area contributed by atoms with Crippen molar-refractivity contribution in [1.29, 1.82) is 0 Å². The first-order valence-electron chi connectivity index (χ1n) is 9.36. The first kappa shape index (κ1) is 16.5. The van der Waals surface area contributed by atoms with Crippen molar-refractivity contribution in [2.75, 3.05) is 39.3 Å². The average molecular weight is 338 g/mol. The Hall–Kier alpha value is -1.98. The highest BCUT2D eigenvalue weighted by Crippen LogP contribution is 2.20. The number of carbonyl (C=O) groups excluding carboxylic acids is 1. The van der Waals surface area contributed by atoms with Crippen LogP contribution >= 0.6 is 0 Å². The van der Waals surface area contributed by atoms with Crippen LogP contribution in [0.15, 0.2) is 36.5 Å². The van der Waals surface area contributed by atoms with Gasteiger partial charge in [-0.25, -0.2) is 0 Å². The van der Waals surface area contributed by atoms with Crippen LogP contribution in [0.25, 0.3) is 10.9 Å². The van der Waals surface area contributed by atoms with Crippen LogP contribution < -0.4 is 5.32 Å². The normalized spacial score (nSPS) is 21.8. The van der Waals surface area contributed by atoms with E-state index in [4.69, 9.17) is 0 Å². The molecular weight excluding hydrogens is 312 g/mol. The number of para-hydroxylation sites is 1. The molecular formula is C20H26N4O. The van der Waals surface area contributed by atoms with Crippen LogP contribution in [0.5, 0.6) is 0 Å². The van der Waals surface area contributed by atoms with E-state index in [2.05, 4.69) is 26.2 Å². The van der Waals surface area contributed by atoms with Gasteiger partial charge in [0.05, 0.1) is 5.52 Å². The number of rotatable bonds is 4. The molecule has 5 heteroatoms. The number of fused-ring (bicyclic) bond motifs is 1. The molecule has 0 radical (unpaired) electrons. The summed E-state index contributed by atoms with van der Waals surface area (Å²) >= 11 is 0. The number of pyridine rings is 1. The van der Waals surface area contributed by atoms with E-state index in [1.807, 2.05) is 30.5 Å². The van der Waals surface area contributed by atoms with Crippen LogP contribution in [0.3, 0.4) is 0 Å². The van der Waals surface area contributed by atoms with Crippen molar-refractivity contribution in [1.82, 2.24) is 20.1 Å². The third kappa shape index (κ3) is 3.67. The predicted molar refractivity (Wildman–Crippen MR) is 99.5 cm³/mol. The fourth-order valence-electron chi connectivity index (χ4n) is 4.09. The number of piperazine rings is 1. The van der Waals surface area contributed by atoms with Gasteiger partial charge in [-0.05, 0) is 30.5 Å². The summed E-state index contributed by atoms with van der Waals surface area (Å²) in [5, 5.41) is 4.56. The molecule has 0 aliphatic carbocycles. The molecule has 0 spiro atoms. The number of likely N-dealkylation sites (tertiary alicyclic amines) is 1. The van der Waals surface area contributed by atoms with Gasteiger partial charge in [-0.2, -0.15) is 0 Å². The second kappa shape index (κ2) is 7.50. The van der Waals surface area contributed by atoms with Crippen molar-refractivity contribution in [3.05, 3.63) is 42.1 Å². The summed E-state index contributed by atoms with van der Waals surface area (Å²) in [5.41, 5.74) is 2.23. The molecule has 2 fully saturated rings. The van der Waals surface area contributed by atoms with Crippen molar-refractivity contribution in [2.45, 2.75) is 25.3 Å². The Labute approximate surface area is 149 Å². The van der Waals surface area contributed by atoms with Crippen LogP contribution in [0.4, 0.5) is 0 Å². The summed E-state index contributed by atoms with van der Waals surface area (Å²) in [6.07, 6.45) is 4.33. The minimum absolute atomic E-state index is 0.290. The highest BCUT2D eigenvalue weighted by molar-refractivity contribution is 5.83. The molecule has 2 saturated heterocycles. The SMILES string of the molecule is O=C(CCc1ccnc2ccccc12)N1CCC(N2CCNCC2)C1. The van der Waals surface area contributed by atoms with Crippen molar-refractivity contribution in [3.63, 3.8) is 0 Å². The first-order chi connectivity index (χ1) is 12.3. The molecule has 2 aromatic rings. The van der Waals surface area contributed by atoms with Gasteiger partial charge in [0, 0.05) is 63.3 Å². The van der Waals surface area contributed by atoms with Crippen molar-refractivity contribution >= 4 is 16.8 Å². The minimum atomic E-state index is 0.290. The highest BCUT2D eigenvalue weighted by atomic mass is 16.2. The molecule has 1 amide bonds. The Morgan fingerprint density at radius 3 is 2.88 bits per heavy atom. The van der Waals surface area contributed by atoms with E-state index in [0.717, 1.165) is 63.0 Å². The Morgan fingerprint density at radius 2 is 2.00 bits per heavy atom. The zero-order chi connectivity index (χ0) is 17.1. The lowest BCUT2D eigenvalue weighted by molar-refractivity contribution is -0.130. The van der Waals surface area contributed by atoms with E-state index in [1.54, 1.807) is 0 Å². The van der Waals surface area contributed by atoms with Gasteiger partial charge in [-0.3, -0.25) is 14.7 Å². The molecule has 25 heavy (non-hydrogen) atoms. The van der Waals surface area contributed by atoms with Gasteiger partial charge in [0.15, 0.2) is 0 Å². The maximum absolute atomic E-state index is 12.7. The number of aryl methyl sites for hydroxylation is 1. The van der Waals surface area contributed by atoms with Crippen molar-refractivity contribution < 1.29 is 4.79 Å². The first-order valence-corrected chi connectivity index (χ1v) is 9.36. The molecule has 0 bridgehead atoms. The zero-order valence-corrected chi connectivity index (χ0v) is 14.7. The molecule has 2 aliphatic heterocycles. The summed E-state index contributed by atoms with van der Waals surface area (Å²) in [7, 11) is 0. The van der Waals surface area contributed by atoms with Crippen LogP contribution in [-0.4, -0.2) is 66.0 Å². The van der Waals surface area contributed by atoms with Gasteiger partial charge >= 0.3 is 0 Å². The number of hydrogen-bond donors (Lipinski definition) is 1. The minimum Gasteiger partial charge on any atom is -0.341 e. The van der Waals surface area contributed by atoms with Crippen molar-refractivity contribution in [3.8, 4) is 0 Å². The number of aromatic nitrogens is 1. The molecule has 2 aliphatic rings. The molecule has 4 rings (SSSR count). The molecule has 132 valence electrons. The van der Waals surface area contributed by atoms with E-state index in [-0.39, 0.29) is 0 Å². The summed E-state index contributed by atoms with van der Waals surface area (Å²) in [4.78, 5) is 21.7. The molecule has 1 unspecified atom stereocenters. The van der Waals surface area contributed by atoms with Gasteiger partial charge < -0.3 is 10.2 Å². The third-order valence-corrected chi connectivity index (χ3v) is 5.53.